The van der Waals surface area contributed by atoms with E-state index in [9.17, 15) is 9.59 Å². The third kappa shape index (κ3) is 9.60. The van der Waals surface area contributed by atoms with Gasteiger partial charge in [-0.2, -0.15) is 0 Å². The lowest BCUT2D eigenvalue weighted by Crippen LogP contribution is -2.06. The number of hydrogen-bond donors (Lipinski definition) is 0. The van der Waals surface area contributed by atoms with Gasteiger partial charge in [0.05, 0.1) is 26.1 Å². The van der Waals surface area contributed by atoms with Crippen molar-refractivity contribution < 1.29 is 19.1 Å². The molecule has 0 aliphatic carbocycles. The van der Waals surface area contributed by atoms with Crippen molar-refractivity contribution in [3.8, 4) is 0 Å². The summed E-state index contributed by atoms with van der Waals surface area (Å²) in [6.45, 7) is 6.59. The topological polar surface area (TPSA) is 52.6 Å². The van der Waals surface area contributed by atoms with E-state index in [-0.39, 0.29) is 24.8 Å². The summed E-state index contributed by atoms with van der Waals surface area (Å²) in [5.41, 5.74) is 0.833. The van der Waals surface area contributed by atoms with Gasteiger partial charge in [-0.3, -0.25) is 9.59 Å². The SMILES string of the molecule is CCCOC(=O)C/C=C(\C)CC(=O)OCCC. The molecule has 4 nitrogen and oxygen atoms in total. The molecule has 0 aromatic heterocycles. The second-order valence-electron chi connectivity index (χ2n) is 3.87. The van der Waals surface area contributed by atoms with Gasteiger partial charge in [0.1, 0.15) is 0 Å². The summed E-state index contributed by atoms with van der Waals surface area (Å²) in [7, 11) is 0. The lowest BCUT2D eigenvalue weighted by atomic mass is 10.2. The largest absolute Gasteiger partial charge is 0.465 e. The molecule has 0 radical (unpaired) electrons. The minimum Gasteiger partial charge on any atom is -0.465 e. The first-order chi connectivity index (χ1) is 8.10. The van der Waals surface area contributed by atoms with Crippen LogP contribution in [0.25, 0.3) is 0 Å². The van der Waals surface area contributed by atoms with Crippen LogP contribution in [-0.4, -0.2) is 25.2 Å². The van der Waals surface area contributed by atoms with Gasteiger partial charge in [-0.05, 0) is 19.8 Å². The molecule has 0 aromatic carbocycles. The van der Waals surface area contributed by atoms with E-state index in [0.29, 0.717) is 13.2 Å². The minimum atomic E-state index is -0.256. The average molecular weight is 242 g/mol. The van der Waals surface area contributed by atoms with Crippen LogP contribution in [0.2, 0.25) is 0 Å². The Labute approximate surface area is 103 Å². The molecule has 0 unspecified atom stereocenters. The highest BCUT2D eigenvalue weighted by molar-refractivity contribution is 5.74. The lowest BCUT2D eigenvalue weighted by molar-refractivity contribution is -0.144. The first-order valence-electron chi connectivity index (χ1n) is 6.07. The van der Waals surface area contributed by atoms with E-state index in [0.717, 1.165) is 18.4 Å². The van der Waals surface area contributed by atoms with Gasteiger partial charge in [-0.1, -0.05) is 25.5 Å². The van der Waals surface area contributed by atoms with Gasteiger partial charge < -0.3 is 9.47 Å². The highest BCUT2D eigenvalue weighted by Crippen LogP contribution is 2.04. The Hall–Kier alpha value is -1.32. The summed E-state index contributed by atoms with van der Waals surface area (Å²) in [5.74, 6) is -0.504. The van der Waals surface area contributed by atoms with E-state index in [2.05, 4.69) is 0 Å². The zero-order valence-electron chi connectivity index (χ0n) is 11.0. The molecule has 0 N–H and O–H groups in total. The summed E-state index contributed by atoms with van der Waals surface area (Å²) in [5, 5.41) is 0. The van der Waals surface area contributed by atoms with E-state index >= 15 is 0 Å². The van der Waals surface area contributed by atoms with Crippen molar-refractivity contribution in [1.82, 2.24) is 0 Å². The summed E-state index contributed by atoms with van der Waals surface area (Å²) < 4.78 is 9.85. The zero-order valence-corrected chi connectivity index (χ0v) is 11.0. The van der Waals surface area contributed by atoms with E-state index < -0.39 is 0 Å². The Morgan fingerprint density at radius 2 is 1.53 bits per heavy atom. The summed E-state index contributed by atoms with van der Waals surface area (Å²) >= 11 is 0. The molecule has 0 bridgehead atoms. The van der Waals surface area contributed by atoms with Crippen molar-refractivity contribution in [1.29, 1.82) is 0 Å². The maximum Gasteiger partial charge on any atom is 0.309 e. The van der Waals surface area contributed by atoms with Gasteiger partial charge in [0.25, 0.3) is 0 Å². The molecule has 0 aliphatic rings. The molecule has 0 heterocycles. The van der Waals surface area contributed by atoms with Crippen LogP contribution in [0.3, 0.4) is 0 Å². The quantitative estimate of drug-likeness (QED) is 0.485. The standard InChI is InChI=1S/C13H22O4/c1-4-8-16-12(14)7-6-11(3)10-13(15)17-9-5-2/h6H,4-5,7-10H2,1-3H3/b11-6+. The molecular weight excluding hydrogens is 220 g/mol. The smallest absolute Gasteiger partial charge is 0.309 e. The Balaban J connectivity index is 3.84. The molecule has 0 atom stereocenters. The van der Waals surface area contributed by atoms with Crippen molar-refractivity contribution in [2.75, 3.05) is 13.2 Å². The molecule has 0 spiro atoms. The molecule has 0 rings (SSSR count). The molecule has 4 heteroatoms. The third-order valence-electron chi connectivity index (χ3n) is 1.97. The number of carbonyl (C=O) groups excluding carboxylic acids is 2. The normalized spacial score (nSPS) is 11.1. The number of ether oxygens (including phenoxy) is 2. The van der Waals surface area contributed by atoms with E-state index in [4.69, 9.17) is 9.47 Å². The lowest BCUT2D eigenvalue weighted by Gasteiger charge is -2.03. The Bertz CT molecular complexity index is 269. The molecular formula is C13H22O4. The van der Waals surface area contributed by atoms with Gasteiger partial charge in [0.2, 0.25) is 0 Å². The Morgan fingerprint density at radius 1 is 1.00 bits per heavy atom. The van der Waals surface area contributed by atoms with Crippen LogP contribution in [0.1, 0.15) is 46.5 Å². The van der Waals surface area contributed by atoms with Crippen molar-refractivity contribution in [3.63, 3.8) is 0 Å². The highest BCUT2D eigenvalue weighted by Gasteiger charge is 2.04. The zero-order chi connectivity index (χ0) is 13.1. The molecule has 17 heavy (non-hydrogen) atoms. The Kier molecular flexibility index (Phi) is 9.11. The number of esters is 2. The van der Waals surface area contributed by atoms with Crippen LogP contribution in [0.4, 0.5) is 0 Å². The average Bonchev–Trinajstić information content (AvgIpc) is 2.31. The maximum absolute atomic E-state index is 11.2. The molecule has 0 amide bonds. The van der Waals surface area contributed by atoms with Gasteiger partial charge in [0, 0.05) is 0 Å². The molecule has 0 saturated carbocycles. The molecule has 98 valence electrons. The first-order valence-corrected chi connectivity index (χ1v) is 6.07. The number of carbonyl (C=O) groups is 2. The van der Waals surface area contributed by atoms with Crippen molar-refractivity contribution in [2.24, 2.45) is 0 Å². The second-order valence-corrected chi connectivity index (χ2v) is 3.87. The van der Waals surface area contributed by atoms with Gasteiger partial charge in [0.15, 0.2) is 0 Å². The summed E-state index contributed by atoms with van der Waals surface area (Å²) in [6.07, 6.45) is 3.80. The van der Waals surface area contributed by atoms with Crippen molar-refractivity contribution in [3.05, 3.63) is 11.6 Å². The van der Waals surface area contributed by atoms with Gasteiger partial charge >= 0.3 is 11.9 Å². The predicted octanol–water partition coefficient (Wildman–Crippen LogP) is 2.62. The number of rotatable bonds is 8. The summed E-state index contributed by atoms with van der Waals surface area (Å²) in [6, 6.07) is 0. The Morgan fingerprint density at radius 3 is 2.06 bits per heavy atom. The van der Waals surface area contributed by atoms with Crippen molar-refractivity contribution >= 4 is 11.9 Å². The molecule has 0 aliphatic heterocycles. The highest BCUT2D eigenvalue weighted by atomic mass is 16.5. The monoisotopic (exact) mass is 242 g/mol. The second kappa shape index (κ2) is 9.87. The summed E-state index contributed by atoms with van der Waals surface area (Å²) in [4.78, 5) is 22.4. The number of hydrogen-bond acceptors (Lipinski definition) is 4. The fraction of sp³-hybridized carbons (Fsp3) is 0.692. The van der Waals surface area contributed by atoms with Crippen LogP contribution >= 0.6 is 0 Å². The van der Waals surface area contributed by atoms with Crippen LogP contribution < -0.4 is 0 Å². The minimum absolute atomic E-state index is 0.215. The van der Waals surface area contributed by atoms with Crippen LogP contribution in [0, 0.1) is 0 Å². The van der Waals surface area contributed by atoms with E-state index in [1.165, 1.54) is 0 Å². The van der Waals surface area contributed by atoms with Gasteiger partial charge in [-0.15, -0.1) is 0 Å². The van der Waals surface area contributed by atoms with Crippen molar-refractivity contribution in [2.45, 2.75) is 46.5 Å². The molecule has 0 aromatic rings. The van der Waals surface area contributed by atoms with Gasteiger partial charge in [-0.25, -0.2) is 0 Å². The maximum atomic E-state index is 11.2. The van der Waals surface area contributed by atoms with Crippen LogP contribution in [-0.2, 0) is 19.1 Å². The van der Waals surface area contributed by atoms with E-state index in [1.807, 2.05) is 13.8 Å². The van der Waals surface area contributed by atoms with Crippen LogP contribution in [0.5, 0.6) is 0 Å². The van der Waals surface area contributed by atoms with Crippen LogP contribution in [0.15, 0.2) is 11.6 Å². The third-order valence-corrected chi connectivity index (χ3v) is 1.97. The molecule has 0 fully saturated rings. The molecule has 0 saturated heterocycles. The fourth-order valence-corrected chi connectivity index (χ4v) is 1.10. The van der Waals surface area contributed by atoms with E-state index in [1.54, 1.807) is 13.0 Å². The fourth-order valence-electron chi connectivity index (χ4n) is 1.10. The predicted molar refractivity (Wildman–Crippen MR) is 65.5 cm³/mol. The first kappa shape index (κ1) is 15.7.